The number of nitrogens with one attached hydrogen (secondary N) is 2. The summed E-state index contributed by atoms with van der Waals surface area (Å²) in [6, 6.07) is 7.80. The second-order valence-electron chi connectivity index (χ2n) is 13.1. The Hall–Kier alpha value is -4.37. The number of rotatable bonds is 13. The fourth-order valence-corrected chi connectivity index (χ4v) is 6.20. The maximum atomic E-state index is 15.1. The molecule has 3 N–H and O–H groups in total. The predicted octanol–water partition coefficient (Wildman–Crippen LogP) is 6.44. The van der Waals surface area contributed by atoms with E-state index < -0.39 is 57.9 Å². The van der Waals surface area contributed by atoms with Crippen LogP contribution in [0.15, 0.2) is 48.8 Å². The number of nitro groups is 1. The number of halogens is 4. The summed E-state index contributed by atoms with van der Waals surface area (Å²) in [5.41, 5.74) is 0.134. The van der Waals surface area contributed by atoms with Crippen molar-refractivity contribution in [3.8, 4) is 16.9 Å². The summed E-state index contributed by atoms with van der Waals surface area (Å²) in [5.74, 6) is -4.60. The van der Waals surface area contributed by atoms with E-state index in [0.29, 0.717) is 36.2 Å². The fraction of sp³-hybridized carbons (Fsp3) is 0.469. The molecule has 2 aromatic carbocycles. The average molecular weight is 661 g/mol. The molecule has 0 radical (unpaired) electrons. The van der Waals surface area contributed by atoms with Crippen LogP contribution in [-0.4, -0.2) is 56.1 Å². The summed E-state index contributed by atoms with van der Waals surface area (Å²) >= 11 is 0. The van der Waals surface area contributed by atoms with Gasteiger partial charge < -0.3 is 15.2 Å². The van der Waals surface area contributed by atoms with Crippen molar-refractivity contribution >= 4 is 23.5 Å². The van der Waals surface area contributed by atoms with Crippen LogP contribution in [0, 0.1) is 16.0 Å². The van der Waals surface area contributed by atoms with Gasteiger partial charge in [-0.05, 0) is 82.7 Å². The third-order valence-electron chi connectivity index (χ3n) is 9.20. The first-order valence-electron chi connectivity index (χ1n) is 15.1. The van der Waals surface area contributed by atoms with E-state index in [1.807, 2.05) is 20.8 Å². The number of alkyl halides is 4. The molecule has 3 aromatic rings. The minimum atomic E-state index is -3.31. The maximum Gasteiger partial charge on any atom is 0.387 e. The molecule has 1 heterocycles. The second-order valence-corrected chi connectivity index (χ2v) is 13.1. The SMILES string of the molecule is CC(C)(C)N(C=O)NC1(c2ncc(-c3ccc([N+](=O)[O-])c(Nc4c(OC(F)F)cccc4C4(C)C(CCO)C4(F)F)c3)cn2)CCC1. The molecule has 2 fully saturated rings. The number of ether oxygens (including phenoxy) is 1. The molecule has 11 nitrogen and oxygen atoms in total. The van der Waals surface area contributed by atoms with E-state index in [0.717, 1.165) is 12.5 Å². The number of hydrazine groups is 1. The first-order valence-corrected chi connectivity index (χ1v) is 15.1. The Bertz CT molecular complexity index is 1650. The molecule has 0 saturated heterocycles. The summed E-state index contributed by atoms with van der Waals surface area (Å²) in [4.78, 5) is 32.2. The van der Waals surface area contributed by atoms with Crippen LogP contribution in [-0.2, 0) is 15.7 Å². The topological polar surface area (TPSA) is 143 Å². The number of hydrogen-bond acceptors (Lipinski definition) is 9. The Balaban J connectivity index is 1.53. The lowest BCUT2D eigenvalue weighted by atomic mass is 9.76. The zero-order chi connectivity index (χ0) is 34.4. The summed E-state index contributed by atoms with van der Waals surface area (Å²) in [7, 11) is 0. The van der Waals surface area contributed by atoms with Gasteiger partial charge in [0.05, 0.1) is 27.1 Å². The molecule has 252 valence electrons. The first kappa shape index (κ1) is 34.0. The molecular formula is C32H36F4N6O5. The average Bonchev–Trinajstić information content (AvgIpc) is 3.42. The molecule has 2 atom stereocenters. The molecular weight excluding hydrogens is 624 g/mol. The summed E-state index contributed by atoms with van der Waals surface area (Å²) in [6.07, 6.45) is 5.82. The monoisotopic (exact) mass is 660 g/mol. The highest BCUT2D eigenvalue weighted by Crippen LogP contribution is 2.69. The lowest BCUT2D eigenvalue weighted by Gasteiger charge is -2.47. The Morgan fingerprint density at radius 3 is 2.38 bits per heavy atom. The van der Waals surface area contributed by atoms with Crippen molar-refractivity contribution in [3.05, 3.63) is 70.3 Å². The van der Waals surface area contributed by atoms with Crippen molar-refractivity contribution < 1.29 is 37.1 Å². The molecule has 5 rings (SSSR count). The highest BCUT2D eigenvalue weighted by molar-refractivity contribution is 5.81. The Morgan fingerprint density at radius 1 is 1.17 bits per heavy atom. The number of carbonyl (C=O) groups excluding carboxylic acids is 1. The Morgan fingerprint density at radius 2 is 1.85 bits per heavy atom. The van der Waals surface area contributed by atoms with Crippen LogP contribution in [0.25, 0.3) is 11.1 Å². The second kappa shape index (κ2) is 12.3. The molecule has 47 heavy (non-hydrogen) atoms. The van der Waals surface area contributed by atoms with Crippen LogP contribution < -0.4 is 15.5 Å². The fourth-order valence-electron chi connectivity index (χ4n) is 6.20. The third kappa shape index (κ3) is 6.09. The van der Waals surface area contributed by atoms with Gasteiger partial charge in [0.25, 0.3) is 11.6 Å². The van der Waals surface area contributed by atoms with Crippen LogP contribution in [0.3, 0.4) is 0 Å². The van der Waals surface area contributed by atoms with Crippen molar-refractivity contribution in [3.63, 3.8) is 0 Å². The number of aromatic nitrogens is 2. The van der Waals surface area contributed by atoms with Gasteiger partial charge in [-0.25, -0.2) is 24.2 Å². The predicted molar refractivity (Wildman–Crippen MR) is 164 cm³/mol. The van der Waals surface area contributed by atoms with Crippen LogP contribution in [0.1, 0.15) is 64.8 Å². The van der Waals surface area contributed by atoms with Crippen LogP contribution >= 0.6 is 0 Å². The van der Waals surface area contributed by atoms with Gasteiger partial charge in [0.2, 0.25) is 6.41 Å². The zero-order valence-corrected chi connectivity index (χ0v) is 26.3. The largest absolute Gasteiger partial charge is 0.433 e. The number of amides is 1. The third-order valence-corrected chi connectivity index (χ3v) is 9.20. The zero-order valence-electron chi connectivity index (χ0n) is 26.3. The normalized spacial score (nSPS) is 21.1. The highest BCUT2D eigenvalue weighted by atomic mass is 19.3. The van der Waals surface area contributed by atoms with Crippen molar-refractivity contribution in [2.75, 3.05) is 11.9 Å². The molecule has 1 amide bonds. The number of nitrogens with zero attached hydrogens (tertiary/aromatic N) is 4. The van der Waals surface area contributed by atoms with Crippen molar-refractivity contribution in [2.24, 2.45) is 5.92 Å². The van der Waals surface area contributed by atoms with Gasteiger partial charge in [-0.1, -0.05) is 12.1 Å². The van der Waals surface area contributed by atoms with E-state index in [2.05, 4.69) is 25.4 Å². The first-order chi connectivity index (χ1) is 22.1. The number of para-hydroxylation sites is 1. The standard InChI is InChI=1S/C32H36F4N6O5/c1-29(2,3)41(18-44)40-31(12-6-13-31)27-37-16-20(17-38-27)19-9-10-23(42(45)46)22(15-19)39-26-21(7-5-8-24(26)47-28(33)34)30(4)25(11-14-43)32(30,35)36/h5,7-10,15-18,25,28,39-40,43H,6,11-14H2,1-4H3. The molecule has 1 aromatic heterocycles. The molecule has 2 aliphatic rings. The number of benzene rings is 2. The van der Waals surface area contributed by atoms with Gasteiger partial charge in [-0.2, -0.15) is 8.78 Å². The summed E-state index contributed by atoms with van der Waals surface area (Å²) in [6.45, 7) is 3.09. The van der Waals surface area contributed by atoms with E-state index in [-0.39, 0.29) is 23.4 Å². The van der Waals surface area contributed by atoms with Crippen molar-refractivity contribution in [1.29, 1.82) is 0 Å². The number of carbonyl (C=O) groups is 1. The van der Waals surface area contributed by atoms with E-state index in [1.54, 1.807) is 0 Å². The molecule has 0 aliphatic heterocycles. The minimum absolute atomic E-state index is 0.0931. The molecule has 15 heteroatoms. The number of aliphatic hydroxyl groups excluding tert-OH is 1. The minimum Gasteiger partial charge on any atom is -0.433 e. The van der Waals surface area contributed by atoms with E-state index in [4.69, 9.17) is 0 Å². The highest BCUT2D eigenvalue weighted by Gasteiger charge is 2.78. The van der Waals surface area contributed by atoms with Crippen LogP contribution in [0.4, 0.5) is 34.6 Å². The van der Waals surface area contributed by atoms with Gasteiger partial charge in [0.1, 0.15) is 17.3 Å². The quantitative estimate of drug-likeness (QED) is 0.0817. The number of hydrogen-bond donors (Lipinski definition) is 3. The smallest absolute Gasteiger partial charge is 0.387 e. The maximum absolute atomic E-state index is 15.1. The summed E-state index contributed by atoms with van der Waals surface area (Å²) in [5, 5.41) is 25.7. The molecule has 0 spiro atoms. The van der Waals surface area contributed by atoms with Crippen LogP contribution in [0.2, 0.25) is 0 Å². The lowest BCUT2D eigenvalue weighted by molar-refractivity contribution is -0.383. The van der Waals surface area contributed by atoms with E-state index in [9.17, 15) is 28.8 Å². The van der Waals surface area contributed by atoms with Gasteiger partial charge >= 0.3 is 6.61 Å². The Labute approximate surface area is 268 Å². The number of nitro benzene ring substituents is 1. The van der Waals surface area contributed by atoms with Crippen molar-refractivity contribution in [1.82, 2.24) is 20.4 Å². The van der Waals surface area contributed by atoms with E-state index in [1.165, 1.54) is 54.7 Å². The van der Waals surface area contributed by atoms with Gasteiger partial charge in [0, 0.05) is 36.5 Å². The molecule has 2 unspecified atom stereocenters. The number of aliphatic hydroxyl groups is 1. The molecule has 2 saturated carbocycles. The van der Waals surface area contributed by atoms with Crippen LogP contribution in [0.5, 0.6) is 5.75 Å². The molecule has 2 aliphatic carbocycles. The molecule has 0 bridgehead atoms. The lowest BCUT2D eigenvalue weighted by Crippen LogP contribution is -2.61. The van der Waals surface area contributed by atoms with Gasteiger partial charge in [0.15, 0.2) is 0 Å². The van der Waals surface area contributed by atoms with Gasteiger partial charge in [-0.15, -0.1) is 0 Å². The Kier molecular flexibility index (Phi) is 8.92. The summed E-state index contributed by atoms with van der Waals surface area (Å²) < 4.78 is 61.8. The van der Waals surface area contributed by atoms with Gasteiger partial charge in [-0.3, -0.25) is 19.9 Å². The number of anilines is 2. The van der Waals surface area contributed by atoms with Crippen molar-refractivity contribution in [2.45, 2.75) is 82.4 Å². The van der Waals surface area contributed by atoms with E-state index >= 15 is 8.78 Å².